The van der Waals surface area contributed by atoms with Crippen LogP contribution in [0.3, 0.4) is 0 Å². The topological polar surface area (TPSA) is 107 Å². The van der Waals surface area contributed by atoms with Gasteiger partial charge in [0.05, 0.1) is 11.3 Å². The van der Waals surface area contributed by atoms with E-state index in [1.54, 1.807) is 23.3 Å². The number of hydrogen-bond donors (Lipinski definition) is 1. The van der Waals surface area contributed by atoms with E-state index in [0.717, 1.165) is 6.07 Å². The molecule has 0 bridgehead atoms. The summed E-state index contributed by atoms with van der Waals surface area (Å²) in [7, 11) is -3.97. The fourth-order valence-electron chi connectivity index (χ4n) is 1.66. The molecule has 112 valence electrons. The molecule has 1 aromatic heterocycles. The maximum absolute atomic E-state index is 12.2. The summed E-state index contributed by atoms with van der Waals surface area (Å²) < 4.78 is 28.8. The minimum Gasteiger partial charge on any atom is -0.336 e. The number of nitrogens with one attached hydrogen (secondary N) is 1. The average Bonchev–Trinajstić information content (AvgIpc) is 2.91. The lowest BCUT2D eigenvalue weighted by molar-refractivity contribution is -0.387. The maximum atomic E-state index is 12.2. The number of halogens is 1. The Balaban J connectivity index is 2.19. The highest BCUT2D eigenvalue weighted by Crippen LogP contribution is 2.26. The fourth-order valence-corrected chi connectivity index (χ4v) is 3.39. The largest absolute Gasteiger partial charge is 0.336 e. The molecular weight excluding hydrogens is 364 g/mol. The monoisotopic (exact) mass is 374 g/mol. The molecule has 1 N–H and O–H groups in total. The third kappa shape index (κ3) is 3.86. The lowest BCUT2D eigenvalue weighted by atomic mass is 10.3. The van der Waals surface area contributed by atoms with Crippen molar-refractivity contribution in [3.63, 3.8) is 0 Å². The Hall–Kier alpha value is -1.78. The normalized spacial score (nSPS) is 11.5. The van der Waals surface area contributed by atoms with Crippen molar-refractivity contribution in [3.8, 4) is 0 Å². The van der Waals surface area contributed by atoms with Gasteiger partial charge in [-0.3, -0.25) is 10.1 Å². The zero-order chi connectivity index (χ0) is 15.5. The Bertz CT molecular complexity index is 746. The molecule has 0 unspecified atom stereocenters. The summed E-state index contributed by atoms with van der Waals surface area (Å²) >= 11 is 3.11. The van der Waals surface area contributed by atoms with Crippen molar-refractivity contribution < 1.29 is 13.3 Å². The van der Waals surface area contributed by atoms with Crippen LogP contribution >= 0.6 is 15.9 Å². The standard InChI is InChI=1S/C11H11BrN4O4S/c12-9-1-2-10(16(17)18)11(7-9)21(19,20)14-4-6-15-5-3-13-8-15/h1-3,5,7-8,14H,4,6H2. The molecule has 0 atom stereocenters. The number of nitrogens with zero attached hydrogens (tertiary/aromatic N) is 3. The van der Waals surface area contributed by atoms with E-state index < -0.39 is 20.6 Å². The van der Waals surface area contributed by atoms with Crippen LogP contribution in [0, 0.1) is 10.1 Å². The van der Waals surface area contributed by atoms with Crippen LogP contribution in [0.1, 0.15) is 0 Å². The second-order valence-electron chi connectivity index (χ2n) is 4.07. The van der Waals surface area contributed by atoms with Crippen molar-refractivity contribution in [1.82, 2.24) is 14.3 Å². The third-order valence-corrected chi connectivity index (χ3v) is 4.61. The predicted molar refractivity (Wildman–Crippen MR) is 78.2 cm³/mol. The fraction of sp³-hybridized carbons (Fsp3) is 0.182. The van der Waals surface area contributed by atoms with Crippen LogP contribution in [-0.2, 0) is 16.6 Å². The van der Waals surface area contributed by atoms with Crippen molar-refractivity contribution in [2.45, 2.75) is 11.4 Å². The van der Waals surface area contributed by atoms with Gasteiger partial charge in [-0.1, -0.05) is 15.9 Å². The summed E-state index contributed by atoms with van der Waals surface area (Å²) in [6.07, 6.45) is 4.82. The lowest BCUT2D eigenvalue weighted by Gasteiger charge is -2.08. The summed E-state index contributed by atoms with van der Waals surface area (Å²) in [6, 6.07) is 3.77. The Morgan fingerprint density at radius 2 is 2.19 bits per heavy atom. The smallest absolute Gasteiger partial charge is 0.289 e. The number of benzene rings is 1. The zero-order valence-corrected chi connectivity index (χ0v) is 13.0. The van der Waals surface area contributed by atoms with Gasteiger partial charge >= 0.3 is 0 Å². The van der Waals surface area contributed by atoms with Crippen LogP contribution in [0.25, 0.3) is 0 Å². The molecule has 0 spiro atoms. The van der Waals surface area contributed by atoms with E-state index in [9.17, 15) is 18.5 Å². The number of sulfonamides is 1. The highest BCUT2D eigenvalue weighted by atomic mass is 79.9. The molecule has 0 aliphatic carbocycles. The molecule has 0 saturated carbocycles. The van der Waals surface area contributed by atoms with Crippen LogP contribution in [0.5, 0.6) is 0 Å². The van der Waals surface area contributed by atoms with E-state index in [2.05, 4.69) is 25.6 Å². The van der Waals surface area contributed by atoms with Crippen LogP contribution < -0.4 is 4.72 Å². The van der Waals surface area contributed by atoms with Crippen LogP contribution in [0.15, 0.2) is 46.3 Å². The van der Waals surface area contributed by atoms with Gasteiger partial charge < -0.3 is 4.57 Å². The Labute approximate surface area is 129 Å². The highest BCUT2D eigenvalue weighted by Gasteiger charge is 2.25. The molecule has 0 fully saturated rings. The summed E-state index contributed by atoms with van der Waals surface area (Å²) in [5, 5.41) is 10.9. The number of hydrogen-bond acceptors (Lipinski definition) is 5. The molecule has 2 aromatic rings. The molecule has 10 heteroatoms. The van der Waals surface area contributed by atoms with Gasteiger partial charge in [-0.05, 0) is 12.1 Å². The van der Waals surface area contributed by atoms with Gasteiger partial charge in [-0.15, -0.1) is 0 Å². The summed E-state index contributed by atoms with van der Waals surface area (Å²) in [4.78, 5) is 13.7. The minimum atomic E-state index is -3.97. The second-order valence-corrected chi connectivity index (χ2v) is 6.72. The Morgan fingerprint density at radius 1 is 1.43 bits per heavy atom. The molecule has 8 nitrogen and oxygen atoms in total. The first-order chi connectivity index (χ1) is 9.90. The molecule has 0 aliphatic heterocycles. The van der Waals surface area contributed by atoms with Crippen molar-refractivity contribution in [3.05, 3.63) is 51.5 Å². The third-order valence-electron chi connectivity index (χ3n) is 2.63. The van der Waals surface area contributed by atoms with Crippen molar-refractivity contribution in [2.24, 2.45) is 0 Å². The van der Waals surface area contributed by atoms with E-state index in [1.807, 2.05) is 0 Å². The second kappa shape index (κ2) is 6.33. The zero-order valence-electron chi connectivity index (χ0n) is 10.6. The lowest BCUT2D eigenvalue weighted by Crippen LogP contribution is -2.27. The number of nitro benzene ring substituents is 1. The van der Waals surface area contributed by atoms with E-state index >= 15 is 0 Å². The van der Waals surface area contributed by atoms with E-state index in [0.29, 0.717) is 11.0 Å². The van der Waals surface area contributed by atoms with Crippen molar-refractivity contribution >= 4 is 31.6 Å². The minimum absolute atomic E-state index is 0.0996. The van der Waals surface area contributed by atoms with E-state index in [-0.39, 0.29) is 11.4 Å². The summed E-state index contributed by atoms with van der Waals surface area (Å²) in [6.45, 7) is 0.476. The van der Waals surface area contributed by atoms with Gasteiger partial charge in [0.25, 0.3) is 5.69 Å². The number of imidazole rings is 1. The first kappa shape index (κ1) is 15.6. The molecule has 0 amide bonds. The SMILES string of the molecule is O=[N+]([O-])c1ccc(Br)cc1S(=O)(=O)NCCn1ccnc1. The highest BCUT2D eigenvalue weighted by molar-refractivity contribution is 9.10. The van der Waals surface area contributed by atoms with Crippen molar-refractivity contribution in [2.75, 3.05) is 6.54 Å². The Morgan fingerprint density at radius 3 is 2.81 bits per heavy atom. The molecular formula is C11H11BrN4O4S. The van der Waals surface area contributed by atoms with Gasteiger partial charge in [-0.25, -0.2) is 18.1 Å². The molecule has 2 rings (SSSR count). The predicted octanol–water partition coefficient (Wildman–Crippen LogP) is 1.53. The number of nitro groups is 1. The summed E-state index contributed by atoms with van der Waals surface area (Å²) in [5.41, 5.74) is -0.465. The Kier molecular flexibility index (Phi) is 4.70. The van der Waals surface area contributed by atoms with E-state index in [4.69, 9.17) is 0 Å². The first-order valence-electron chi connectivity index (χ1n) is 5.79. The maximum Gasteiger partial charge on any atom is 0.289 e. The van der Waals surface area contributed by atoms with Crippen LogP contribution in [-0.4, -0.2) is 29.4 Å². The molecule has 21 heavy (non-hydrogen) atoms. The van der Waals surface area contributed by atoms with E-state index in [1.165, 1.54) is 12.1 Å². The molecule has 0 aliphatic rings. The van der Waals surface area contributed by atoms with Crippen LogP contribution in [0.2, 0.25) is 0 Å². The molecule has 0 saturated heterocycles. The first-order valence-corrected chi connectivity index (χ1v) is 8.07. The molecule has 1 heterocycles. The van der Waals surface area contributed by atoms with Gasteiger partial charge in [0.1, 0.15) is 0 Å². The van der Waals surface area contributed by atoms with Gasteiger partial charge in [0.15, 0.2) is 4.90 Å². The average molecular weight is 375 g/mol. The van der Waals surface area contributed by atoms with Crippen LogP contribution in [0.4, 0.5) is 5.69 Å². The molecule has 0 radical (unpaired) electrons. The van der Waals surface area contributed by atoms with Gasteiger partial charge in [0.2, 0.25) is 10.0 Å². The van der Waals surface area contributed by atoms with Crippen molar-refractivity contribution in [1.29, 1.82) is 0 Å². The summed E-state index contributed by atoms with van der Waals surface area (Å²) in [5.74, 6) is 0. The van der Waals surface area contributed by atoms with Gasteiger partial charge in [-0.2, -0.15) is 0 Å². The number of aromatic nitrogens is 2. The molecule has 1 aromatic carbocycles. The number of rotatable bonds is 6. The van der Waals surface area contributed by atoms with Gasteiger partial charge in [0, 0.05) is 36.0 Å². The quantitative estimate of drug-likeness (QED) is 0.609.